The molecule has 17 heavy (non-hydrogen) atoms. The van der Waals surface area contributed by atoms with Crippen molar-refractivity contribution in [3.8, 4) is 5.75 Å². The minimum absolute atomic E-state index is 0.122. The highest BCUT2D eigenvalue weighted by Crippen LogP contribution is 2.16. The summed E-state index contributed by atoms with van der Waals surface area (Å²) in [5.41, 5.74) is 8.80. The minimum Gasteiger partial charge on any atom is -0.435 e. The fourth-order valence-corrected chi connectivity index (χ4v) is 1.19. The Bertz CT molecular complexity index is 428. The predicted molar refractivity (Wildman–Crippen MR) is 60.7 cm³/mol. The number of hydrogen-bond donors (Lipinski definition) is 0. The number of benzene rings is 1. The molecule has 0 aromatic heterocycles. The minimum atomic E-state index is -2.82. The molecule has 0 unspecified atom stereocenters. The molecule has 0 amide bonds. The zero-order valence-corrected chi connectivity index (χ0v) is 8.96. The van der Waals surface area contributed by atoms with Crippen LogP contribution in [0.4, 0.5) is 8.78 Å². The van der Waals surface area contributed by atoms with E-state index < -0.39 is 6.61 Å². The van der Waals surface area contributed by atoms with Crippen molar-refractivity contribution in [1.29, 1.82) is 0 Å². The Morgan fingerprint density at radius 1 is 1.47 bits per heavy atom. The maximum absolute atomic E-state index is 12.0. The summed E-state index contributed by atoms with van der Waals surface area (Å²) in [6.45, 7) is -2.44. The Kier molecular flexibility index (Phi) is 5.54. The van der Waals surface area contributed by atoms with Crippen LogP contribution in [-0.4, -0.2) is 13.2 Å². The van der Waals surface area contributed by atoms with Crippen molar-refractivity contribution in [2.45, 2.75) is 13.0 Å². The lowest BCUT2D eigenvalue weighted by Gasteiger charge is -2.04. The molecule has 0 bridgehead atoms. The summed E-state index contributed by atoms with van der Waals surface area (Å²) in [5, 5.41) is 3.37. The van der Waals surface area contributed by atoms with Crippen LogP contribution in [0.25, 0.3) is 16.5 Å². The van der Waals surface area contributed by atoms with Crippen molar-refractivity contribution >= 4 is 6.08 Å². The lowest BCUT2D eigenvalue weighted by Crippen LogP contribution is -2.01. The smallest absolute Gasteiger partial charge is 0.387 e. The van der Waals surface area contributed by atoms with E-state index in [-0.39, 0.29) is 5.75 Å². The Balaban J connectivity index is 2.55. The first-order valence-corrected chi connectivity index (χ1v) is 4.94. The molecule has 90 valence electrons. The summed E-state index contributed by atoms with van der Waals surface area (Å²) in [6, 6.07) is 6.37. The van der Waals surface area contributed by atoms with Crippen LogP contribution in [0.3, 0.4) is 0 Å². The molecular weight excluding hydrogens is 228 g/mol. The summed E-state index contributed by atoms with van der Waals surface area (Å²) in [7, 11) is 0. The van der Waals surface area contributed by atoms with Crippen LogP contribution in [0.1, 0.15) is 12.0 Å². The fourth-order valence-electron chi connectivity index (χ4n) is 1.19. The summed E-state index contributed by atoms with van der Waals surface area (Å²) >= 11 is 0. The van der Waals surface area contributed by atoms with Gasteiger partial charge in [-0.2, -0.15) is 8.78 Å². The molecular formula is C11H11F2N3O. The van der Waals surface area contributed by atoms with Gasteiger partial charge in [-0.1, -0.05) is 29.4 Å². The van der Waals surface area contributed by atoms with Crippen molar-refractivity contribution in [3.63, 3.8) is 0 Å². The van der Waals surface area contributed by atoms with Gasteiger partial charge in [0.05, 0.1) is 0 Å². The second kappa shape index (κ2) is 7.24. The van der Waals surface area contributed by atoms with Gasteiger partial charge in [-0.3, -0.25) is 0 Å². The Morgan fingerprint density at radius 2 is 2.29 bits per heavy atom. The van der Waals surface area contributed by atoms with Crippen LogP contribution in [-0.2, 0) is 0 Å². The number of ether oxygens (including phenoxy) is 1. The van der Waals surface area contributed by atoms with Gasteiger partial charge in [0.1, 0.15) is 5.75 Å². The highest BCUT2D eigenvalue weighted by atomic mass is 19.3. The van der Waals surface area contributed by atoms with Crippen LogP contribution < -0.4 is 4.74 Å². The molecule has 0 spiro atoms. The molecule has 1 aromatic rings. The summed E-state index contributed by atoms with van der Waals surface area (Å²) in [4.78, 5) is 2.61. The second-order valence-corrected chi connectivity index (χ2v) is 3.10. The lowest BCUT2D eigenvalue weighted by molar-refractivity contribution is -0.0498. The summed E-state index contributed by atoms with van der Waals surface area (Å²) in [5.74, 6) is 0.122. The molecule has 0 saturated carbocycles. The number of halogens is 2. The van der Waals surface area contributed by atoms with Crippen LogP contribution in [0.5, 0.6) is 5.75 Å². The summed E-state index contributed by atoms with van der Waals surface area (Å²) < 4.78 is 28.2. The fraction of sp³-hybridized carbons (Fsp3) is 0.273. The topological polar surface area (TPSA) is 58.0 Å². The maximum Gasteiger partial charge on any atom is 0.387 e. The average molecular weight is 239 g/mol. The largest absolute Gasteiger partial charge is 0.435 e. The Morgan fingerprint density at radius 3 is 3.00 bits per heavy atom. The third kappa shape index (κ3) is 5.53. The average Bonchev–Trinajstić information content (AvgIpc) is 2.28. The number of rotatable bonds is 6. The van der Waals surface area contributed by atoms with Gasteiger partial charge in [0.25, 0.3) is 0 Å². The predicted octanol–water partition coefficient (Wildman–Crippen LogP) is 4.00. The quantitative estimate of drug-likeness (QED) is 0.320. The molecule has 0 atom stereocenters. The summed E-state index contributed by atoms with van der Waals surface area (Å²) in [6.07, 6.45) is 4.16. The molecule has 0 N–H and O–H groups in total. The number of alkyl halides is 2. The van der Waals surface area contributed by atoms with Crippen molar-refractivity contribution in [2.75, 3.05) is 6.54 Å². The van der Waals surface area contributed by atoms with Crippen molar-refractivity contribution < 1.29 is 13.5 Å². The number of nitrogens with zero attached hydrogens (tertiary/aromatic N) is 3. The van der Waals surface area contributed by atoms with Gasteiger partial charge in [-0.25, -0.2) is 0 Å². The van der Waals surface area contributed by atoms with Crippen LogP contribution in [0.15, 0.2) is 35.5 Å². The van der Waals surface area contributed by atoms with E-state index in [0.717, 1.165) is 5.56 Å². The molecule has 0 radical (unpaired) electrons. The van der Waals surface area contributed by atoms with E-state index in [2.05, 4.69) is 14.8 Å². The molecule has 1 aromatic carbocycles. The molecule has 0 aliphatic rings. The Labute approximate surface area is 97.1 Å². The van der Waals surface area contributed by atoms with E-state index in [1.54, 1.807) is 24.3 Å². The molecule has 6 heteroatoms. The molecule has 1 rings (SSSR count). The van der Waals surface area contributed by atoms with Crippen molar-refractivity contribution in [1.82, 2.24) is 0 Å². The zero-order valence-electron chi connectivity index (χ0n) is 8.96. The highest BCUT2D eigenvalue weighted by Gasteiger charge is 2.03. The third-order valence-electron chi connectivity index (χ3n) is 1.85. The lowest BCUT2D eigenvalue weighted by atomic mass is 10.2. The molecule has 0 aliphatic heterocycles. The molecule has 0 saturated heterocycles. The molecule has 0 fully saturated rings. The maximum atomic E-state index is 12.0. The van der Waals surface area contributed by atoms with Crippen molar-refractivity contribution in [3.05, 3.63) is 46.3 Å². The monoisotopic (exact) mass is 239 g/mol. The van der Waals surface area contributed by atoms with Gasteiger partial charge in [-0.15, -0.1) is 0 Å². The van der Waals surface area contributed by atoms with Crippen LogP contribution in [0.2, 0.25) is 0 Å². The number of hydrogen-bond acceptors (Lipinski definition) is 2. The first kappa shape index (κ1) is 13.0. The zero-order chi connectivity index (χ0) is 12.5. The van der Waals surface area contributed by atoms with Gasteiger partial charge in [-0.05, 0) is 29.6 Å². The van der Waals surface area contributed by atoms with E-state index in [9.17, 15) is 8.78 Å². The van der Waals surface area contributed by atoms with E-state index in [0.29, 0.717) is 13.0 Å². The van der Waals surface area contributed by atoms with Crippen molar-refractivity contribution in [2.24, 2.45) is 5.11 Å². The van der Waals surface area contributed by atoms with E-state index in [1.165, 1.54) is 12.1 Å². The Hall–Kier alpha value is -2.07. The van der Waals surface area contributed by atoms with Gasteiger partial charge in [0.2, 0.25) is 0 Å². The van der Waals surface area contributed by atoms with Gasteiger partial charge < -0.3 is 4.74 Å². The SMILES string of the molecule is [N-]=[N+]=NCCC=Cc1cccc(OC(F)F)c1. The van der Waals surface area contributed by atoms with E-state index in [4.69, 9.17) is 5.53 Å². The molecule has 0 aliphatic carbocycles. The van der Waals surface area contributed by atoms with Gasteiger partial charge >= 0.3 is 6.61 Å². The van der Waals surface area contributed by atoms with Gasteiger partial charge in [0, 0.05) is 11.5 Å². The third-order valence-corrected chi connectivity index (χ3v) is 1.85. The standard InChI is InChI=1S/C11H11F2N3O/c12-11(13)17-10-6-3-5-9(8-10)4-1-2-7-15-16-14/h1,3-6,8,11H,2,7H2. The molecule has 0 heterocycles. The first-order valence-electron chi connectivity index (χ1n) is 4.94. The highest BCUT2D eigenvalue weighted by molar-refractivity contribution is 5.51. The number of azide groups is 1. The first-order chi connectivity index (χ1) is 8.22. The van der Waals surface area contributed by atoms with Crippen LogP contribution >= 0.6 is 0 Å². The molecule has 4 nitrogen and oxygen atoms in total. The normalized spacial score (nSPS) is 10.5. The van der Waals surface area contributed by atoms with E-state index in [1.807, 2.05) is 0 Å². The van der Waals surface area contributed by atoms with Crippen LogP contribution in [0, 0.1) is 0 Å². The van der Waals surface area contributed by atoms with E-state index >= 15 is 0 Å². The second-order valence-electron chi connectivity index (χ2n) is 3.10. The van der Waals surface area contributed by atoms with Gasteiger partial charge in [0.15, 0.2) is 0 Å².